The minimum atomic E-state index is -0.997. The van der Waals surface area contributed by atoms with Crippen LogP contribution in [0.2, 0.25) is 0 Å². The largest absolute Gasteiger partial charge is 0.377 e. The van der Waals surface area contributed by atoms with Crippen LogP contribution in [0.4, 0.5) is 0 Å². The fourth-order valence-corrected chi connectivity index (χ4v) is 4.61. The number of H-pyrrole nitrogens is 1. The standard InChI is InChI=1S/C29H47N7O4/c1-5-20(4)26(28(38)35-25(27(32)37)14-23-15-33-18-34-23)36(16-22(30)13-19(2)3)29(39)24(31)11-12-40-17-21-9-7-6-8-10-21/h6-10,15,18-20,22,24-26H,5,11-14,16-17,30-31H2,1-4H3,(H2,32,37)(H,33,34)(H,35,38)/t20-,22-,24-,25+,26-/m0/s1. The van der Waals surface area contributed by atoms with Gasteiger partial charge in [-0.3, -0.25) is 14.4 Å². The van der Waals surface area contributed by atoms with Crippen molar-refractivity contribution in [2.24, 2.45) is 29.0 Å². The number of carbonyl (C=O) groups is 3. The van der Waals surface area contributed by atoms with Gasteiger partial charge >= 0.3 is 0 Å². The van der Waals surface area contributed by atoms with E-state index in [9.17, 15) is 14.4 Å². The lowest BCUT2D eigenvalue weighted by molar-refractivity contribution is -0.145. The molecule has 0 bridgehead atoms. The molecule has 0 saturated heterocycles. The molecule has 3 amide bonds. The summed E-state index contributed by atoms with van der Waals surface area (Å²) in [7, 11) is 0. The summed E-state index contributed by atoms with van der Waals surface area (Å²) in [5.41, 5.74) is 20.0. The molecule has 11 nitrogen and oxygen atoms in total. The highest BCUT2D eigenvalue weighted by molar-refractivity contribution is 5.93. The van der Waals surface area contributed by atoms with E-state index in [0.29, 0.717) is 31.1 Å². The normalized spacial score (nSPS) is 15.2. The number of nitrogens with two attached hydrogens (primary N) is 3. The van der Waals surface area contributed by atoms with Crippen molar-refractivity contribution in [2.45, 2.75) is 84.2 Å². The molecule has 0 saturated carbocycles. The molecule has 222 valence electrons. The predicted octanol–water partition coefficient (Wildman–Crippen LogP) is 1.47. The summed E-state index contributed by atoms with van der Waals surface area (Å²) >= 11 is 0. The van der Waals surface area contributed by atoms with E-state index in [1.165, 1.54) is 11.2 Å². The molecule has 0 aliphatic heterocycles. The molecule has 1 aromatic carbocycles. The van der Waals surface area contributed by atoms with Crippen molar-refractivity contribution in [1.29, 1.82) is 0 Å². The first kappa shape index (κ1) is 32.9. The zero-order valence-corrected chi connectivity index (χ0v) is 24.2. The number of amides is 3. The first-order chi connectivity index (χ1) is 19.0. The number of nitrogens with one attached hydrogen (secondary N) is 2. The molecule has 0 spiro atoms. The van der Waals surface area contributed by atoms with Crippen molar-refractivity contribution in [1.82, 2.24) is 20.2 Å². The van der Waals surface area contributed by atoms with Crippen LogP contribution in [0.15, 0.2) is 42.9 Å². The van der Waals surface area contributed by atoms with Gasteiger partial charge in [-0.25, -0.2) is 4.98 Å². The number of aromatic nitrogens is 2. The molecule has 1 aromatic heterocycles. The Morgan fingerprint density at radius 2 is 1.82 bits per heavy atom. The molecule has 40 heavy (non-hydrogen) atoms. The Balaban J connectivity index is 2.21. The Hall–Kier alpha value is -3.28. The van der Waals surface area contributed by atoms with Crippen LogP contribution in [0.1, 0.15) is 58.2 Å². The van der Waals surface area contributed by atoms with Crippen LogP contribution in [0, 0.1) is 11.8 Å². The number of primary amides is 1. The number of aromatic amines is 1. The minimum Gasteiger partial charge on any atom is -0.377 e. The molecule has 0 aliphatic rings. The maximum Gasteiger partial charge on any atom is 0.243 e. The van der Waals surface area contributed by atoms with Crippen molar-refractivity contribution < 1.29 is 19.1 Å². The number of nitrogens with zero attached hydrogens (tertiary/aromatic N) is 2. The van der Waals surface area contributed by atoms with Crippen molar-refractivity contribution in [3.8, 4) is 0 Å². The van der Waals surface area contributed by atoms with E-state index in [4.69, 9.17) is 21.9 Å². The SMILES string of the molecule is CC[C@H](C)[C@@H](C(=O)N[C@H](Cc1c[nH]cn1)C(N)=O)N(C[C@@H](N)CC(C)C)C(=O)[C@@H](N)CCOCc1ccccc1. The van der Waals surface area contributed by atoms with Gasteiger partial charge in [-0.1, -0.05) is 64.4 Å². The van der Waals surface area contributed by atoms with Gasteiger partial charge in [0.25, 0.3) is 0 Å². The summed E-state index contributed by atoms with van der Waals surface area (Å²) < 4.78 is 5.74. The van der Waals surface area contributed by atoms with Gasteiger partial charge in [0.15, 0.2) is 0 Å². The van der Waals surface area contributed by atoms with Crippen LogP contribution < -0.4 is 22.5 Å². The second-order valence-electron chi connectivity index (χ2n) is 10.9. The lowest BCUT2D eigenvalue weighted by Crippen LogP contribution is -2.61. The molecular weight excluding hydrogens is 510 g/mol. The van der Waals surface area contributed by atoms with Crippen LogP contribution in [0.3, 0.4) is 0 Å². The van der Waals surface area contributed by atoms with Gasteiger partial charge in [0, 0.05) is 31.8 Å². The molecule has 1 heterocycles. The smallest absolute Gasteiger partial charge is 0.243 e. The molecule has 11 heteroatoms. The lowest BCUT2D eigenvalue weighted by atomic mass is 9.93. The summed E-state index contributed by atoms with van der Waals surface area (Å²) in [6, 6.07) is 6.58. The van der Waals surface area contributed by atoms with Gasteiger partial charge in [-0.05, 0) is 30.2 Å². The second-order valence-corrected chi connectivity index (χ2v) is 10.9. The third-order valence-corrected chi connectivity index (χ3v) is 6.91. The van der Waals surface area contributed by atoms with Crippen molar-refractivity contribution >= 4 is 17.7 Å². The maximum absolute atomic E-state index is 13.8. The topological polar surface area (TPSA) is 182 Å². The summed E-state index contributed by atoms with van der Waals surface area (Å²) in [6.45, 7) is 8.77. The monoisotopic (exact) mass is 557 g/mol. The van der Waals surface area contributed by atoms with E-state index >= 15 is 0 Å². The highest BCUT2D eigenvalue weighted by atomic mass is 16.5. The lowest BCUT2D eigenvalue weighted by Gasteiger charge is -2.38. The number of benzene rings is 1. The van der Waals surface area contributed by atoms with E-state index in [-0.39, 0.29) is 43.9 Å². The summed E-state index contributed by atoms with van der Waals surface area (Å²) in [6.07, 6.45) is 4.79. The quantitative estimate of drug-likeness (QED) is 0.172. The number of rotatable bonds is 18. The average Bonchev–Trinajstić information content (AvgIpc) is 3.43. The molecule has 2 rings (SSSR count). The molecular formula is C29H47N7O4. The van der Waals surface area contributed by atoms with Crippen LogP contribution >= 0.6 is 0 Å². The van der Waals surface area contributed by atoms with E-state index < -0.39 is 29.9 Å². The number of imidazole rings is 1. The highest BCUT2D eigenvalue weighted by Gasteiger charge is 2.38. The van der Waals surface area contributed by atoms with Gasteiger partial charge in [-0.15, -0.1) is 0 Å². The van der Waals surface area contributed by atoms with Crippen LogP contribution in [-0.2, 0) is 32.1 Å². The van der Waals surface area contributed by atoms with E-state index in [1.807, 2.05) is 58.0 Å². The van der Waals surface area contributed by atoms with Crippen LogP contribution in [0.5, 0.6) is 0 Å². The van der Waals surface area contributed by atoms with Gasteiger partial charge in [0.2, 0.25) is 17.7 Å². The van der Waals surface area contributed by atoms with Crippen LogP contribution in [0.25, 0.3) is 0 Å². The Morgan fingerprint density at radius 3 is 2.40 bits per heavy atom. The molecule has 5 atom stereocenters. The van der Waals surface area contributed by atoms with E-state index in [0.717, 1.165) is 5.56 Å². The van der Waals surface area contributed by atoms with Gasteiger partial charge in [0.05, 0.1) is 24.7 Å². The zero-order valence-electron chi connectivity index (χ0n) is 24.2. The zero-order chi connectivity index (χ0) is 29.7. The Labute approximate surface area is 237 Å². The molecule has 0 radical (unpaired) electrons. The third kappa shape index (κ3) is 10.7. The van der Waals surface area contributed by atoms with Crippen LogP contribution in [-0.4, -0.2) is 69.9 Å². The van der Waals surface area contributed by atoms with E-state index in [2.05, 4.69) is 15.3 Å². The molecule has 2 aromatic rings. The second kappa shape index (κ2) is 16.7. The fraction of sp³-hybridized carbons (Fsp3) is 0.586. The Kier molecular flexibility index (Phi) is 13.8. The predicted molar refractivity (Wildman–Crippen MR) is 154 cm³/mol. The number of hydrogen-bond acceptors (Lipinski definition) is 7. The summed E-state index contributed by atoms with van der Waals surface area (Å²) in [5, 5.41) is 2.76. The summed E-state index contributed by atoms with van der Waals surface area (Å²) in [4.78, 5) is 48.2. The molecule has 8 N–H and O–H groups in total. The van der Waals surface area contributed by atoms with Gasteiger partial charge < -0.3 is 37.1 Å². The minimum absolute atomic E-state index is 0.122. The maximum atomic E-state index is 13.8. The molecule has 0 fully saturated rings. The average molecular weight is 558 g/mol. The highest BCUT2D eigenvalue weighted by Crippen LogP contribution is 2.19. The summed E-state index contributed by atoms with van der Waals surface area (Å²) in [5.74, 6) is -1.50. The van der Waals surface area contributed by atoms with Crippen molar-refractivity contribution in [3.05, 3.63) is 54.1 Å². The number of carbonyl (C=O) groups excluding carboxylic acids is 3. The van der Waals surface area contributed by atoms with Gasteiger partial charge in [0.1, 0.15) is 12.1 Å². The third-order valence-electron chi connectivity index (χ3n) is 6.91. The van der Waals surface area contributed by atoms with Crippen molar-refractivity contribution in [3.63, 3.8) is 0 Å². The first-order valence-corrected chi connectivity index (χ1v) is 14.0. The van der Waals surface area contributed by atoms with Crippen molar-refractivity contribution in [2.75, 3.05) is 13.2 Å². The molecule has 0 unspecified atom stereocenters. The Bertz CT molecular complexity index is 1030. The van der Waals surface area contributed by atoms with E-state index in [1.54, 1.807) is 6.20 Å². The number of hydrogen-bond donors (Lipinski definition) is 5. The Morgan fingerprint density at radius 1 is 1.12 bits per heavy atom. The fourth-order valence-electron chi connectivity index (χ4n) is 4.61. The van der Waals surface area contributed by atoms with Gasteiger partial charge in [-0.2, -0.15) is 0 Å². The molecule has 0 aliphatic carbocycles. The number of ether oxygens (including phenoxy) is 1. The first-order valence-electron chi connectivity index (χ1n) is 14.0.